The predicted molar refractivity (Wildman–Crippen MR) is 136 cm³/mol. The number of benzene rings is 2. The van der Waals surface area contributed by atoms with Crippen LogP contribution in [0.5, 0.6) is 0 Å². The molecule has 0 unspecified atom stereocenters. The number of nitrogens with zero attached hydrogens (tertiary/aromatic N) is 4. The van der Waals surface area contributed by atoms with Gasteiger partial charge >= 0.3 is 5.69 Å². The van der Waals surface area contributed by atoms with Crippen LogP contribution in [0.1, 0.15) is 21.6 Å². The number of H-pyrrole nitrogens is 3. The number of nitrogens with one attached hydrogen (secondary N) is 3. The molecule has 10 nitrogen and oxygen atoms in total. The van der Waals surface area contributed by atoms with Gasteiger partial charge in [-0.1, -0.05) is 24.3 Å². The van der Waals surface area contributed by atoms with E-state index in [1.807, 2.05) is 23.1 Å². The minimum atomic E-state index is -0.584. The first-order valence-corrected chi connectivity index (χ1v) is 11.8. The van der Waals surface area contributed by atoms with Gasteiger partial charge in [0.2, 0.25) is 0 Å². The number of piperazine rings is 1. The molecule has 6 rings (SSSR count). The van der Waals surface area contributed by atoms with Crippen molar-refractivity contribution in [3.8, 4) is 0 Å². The van der Waals surface area contributed by atoms with Crippen LogP contribution >= 0.6 is 0 Å². The third-order valence-corrected chi connectivity index (χ3v) is 6.66. The Kier molecular flexibility index (Phi) is 5.52. The maximum atomic E-state index is 14.7. The van der Waals surface area contributed by atoms with Gasteiger partial charge in [0.15, 0.2) is 5.65 Å². The van der Waals surface area contributed by atoms with E-state index >= 15 is 0 Å². The van der Waals surface area contributed by atoms with Crippen molar-refractivity contribution in [3.63, 3.8) is 0 Å². The molecule has 186 valence electrons. The number of carbonyl (C=O) groups is 1. The van der Waals surface area contributed by atoms with Crippen LogP contribution < -0.4 is 16.1 Å². The van der Waals surface area contributed by atoms with Gasteiger partial charge in [0.1, 0.15) is 11.6 Å². The standard InChI is InChI=1S/C26H22FN7O3/c27-19-6-5-15(14-21-16-3-1-2-4-17(16)24(35)32-31-21)13-18(19)25(36)34-11-9-33(10-12-34)22-8-7-20-23(29-22)30-26(37)28-20/h1-8,13H,9-12,14H2,(H,32,35)(H2,28,29,30,37). The third kappa shape index (κ3) is 4.24. The Hall–Kier alpha value is -4.80. The summed E-state index contributed by atoms with van der Waals surface area (Å²) < 4.78 is 14.7. The van der Waals surface area contributed by atoms with Crippen molar-refractivity contribution in [2.24, 2.45) is 0 Å². The van der Waals surface area contributed by atoms with Gasteiger partial charge in [0, 0.05) is 38.0 Å². The maximum absolute atomic E-state index is 14.7. The van der Waals surface area contributed by atoms with E-state index in [4.69, 9.17) is 0 Å². The van der Waals surface area contributed by atoms with Gasteiger partial charge in [-0.15, -0.1) is 0 Å². The molecule has 4 heterocycles. The molecule has 37 heavy (non-hydrogen) atoms. The molecule has 3 N–H and O–H groups in total. The zero-order chi connectivity index (χ0) is 25.5. The molecule has 2 aromatic carbocycles. The Morgan fingerprint density at radius 2 is 1.73 bits per heavy atom. The summed E-state index contributed by atoms with van der Waals surface area (Å²) in [6, 6.07) is 15.2. The lowest BCUT2D eigenvalue weighted by atomic mass is 10.0. The molecule has 0 aliphatic carbocycles. The highest BCUT2D eigenvalue weighted by atomic mass is 19.1. The van der Waals surface area contributed by atoms with E-state index in [0.29, 0.717) is 66.2 Å². The molecule has 0 saturated carbocycles. The van der Waals surface area contributed by atoms with Crippen molar-refractivity contribution in [1.29, 1.82) is 0 Å². The zero-order valence-electron chi connectivity index (χ0n) is 19.6. The topological polar surface area (TPSA) is 131 Å². The number of aromatic amines is 3. The summed E-state index contributed by atoms with van der Waals surface area (Å²) in [6.45, 7) is 1.84. The zero-order valence-corrected chi connectivity index (χ0v) is 19.6. The van der Waals surface area contributed by atoms with E-state index in [9.17, 15) is 18.8 Å². The summed E-state index contributed by atoms with van der Waals surface area (Å²) in [4.78, 5) is 50.3. The summed E-state index contributed by atoms with van der Waals surface area (Å²) in [7, 11) is 0. The van der Waals surface area contributed by atoms with Crippen molar-refractivity contribution in [2.45, 2.75) is 6.42 Å². The van der Waals surface area contributed by atoms with E-state index in [1.54, 1.807) is 35.2 Å². The fourth-order valence-corrected chi connectivity index (χ4v) is 4.74. The summed E-state index contributed by atoms with van der Waals surface area (Å²) >= 11 is 0. The van der Waals surface area contributed by atoms with Gasteiger partial charge in [-0.2, -0.15) is 5.10 Å². The van der Waals surface area contributed by atoms with Crippen LogP contribution in [0, 0.1) is 5.82 Å². The smallest absolute Gasteiger partial charge is 0.325 e. The highest BCUT2D eigenvalue weighted by Gasteiger charge is 2.25. The van der Waals surface area contributed by atoms with E-state index < -0.39 is 5.82 Å². The quantitative estimate of drug-likeness (QED) is 0.348. The number of fused-ring (bicyclic) bond motifs is 2. The molecule has 1 saturated heterocycles. The average molecular weight is 500 g/mol. The second kappa shape index (κ2) is 9.01. The van der Waals surface area contributed by atoms with Crippen LogP contribution in [0.25, 0.3) is 21.9 Å². The number of amides is 1. The van der Waals surface area contributed by atoms with Crippen molar-refractivity contribution < 1.29 is 9.18 Å². The number of halogens is 1. The number of rotatable bonds is 4. The first-order valence-electron chi connectivity index (χ1n) is 11.8. The van der Waals surface area contributed by atoms with E-state index in [1.165, 1.54) is 6.07 Å². The summed E-state index contributed by atoms with van der Waals surface area (Å²) in [5.74, 6) is -0.265. The second-order valence-electron chi connectivity index (χ2n) is 8.96. The van der Waals surface area contributed by atoms with Crippen LogP contribution in [-0.4, -0.2) is 62.1 Å². The SMILES string of the molecule is O=C(c1cc(Cc2n[nH]c(=O)c3ccccc23)ccc1F)N1CCN(c2ccc3[nH]c(=O)[nH]c3n2)CC1. The normalized spacial score (nSPS) is 14.0. The predicted octanol–water partition coefficient (Wildman–Crippen LogP) is 2.18. The Bertz CT molecular complexity index is 1770. The minimum absolute atomic E-state index is 0.00382. The van der Waals surface area contributed by atoms with Crippen molar-refractivity contribution in [2.75, 3.05) is 31.1 Å². The molecule has 1 fully saturated rings. The lowest BCUT2D eigenvalue weighted by Gasteiger charge is -2.35. The van der Waals surface area contributed by atoms with Crippen LogP contribution in [0.3, 0.4) is 0 Å². The number of anilines is 1. The molecule has 0 bridgehead atoms. The average Bonchev–Trinajstić information content (AvgIpc) is 3.30. The van der Waals surface area contributed by atoms with E-state index in [-0.39, 0.29) is 22.7 Å². The third-order valence-electron chi connectivity index (χ3n) is 6.66. The van der Waals surface area contributed by atoms with Crippen LogP contribution in [0.4, 0.5) is 10.2 Å². The van der Waals surface area contributed by atoms with Crippen LogP contribution in [0.15, 0.2) is 64.2 Å². The lowest BCUT2D eigenvalue weighted by molar-refractivity contribution is 0.0741. The number of hydrogen-bond acceptors (Lipinski definition) is 6. The summed E-state index contributed by atoms with van der Waals surface area (Å²) in [5.41, 5.74) is 1.87. The minimum Gasteiger partial charge on any atom is -0.353 e. The number of carbonyl (C=O) groups excluding carboxylic acids is 1. The van der Waals surface area contributed by atoms with Crippen molar-refractivity contribution in [3.05, 3.63) is 98.1 Å². The first-order chi connectivity index (χ1) is 18.0. The molecule has 11 heteroatoms. The molecule has 0 atom stereocenters. The lowest BCUT2D eigenvalue weighted by Crippen LogP contribution is -2.49. The molecule has 3 aromatic heterocycles. The van der Waals surface area contributed by atoms with Crippen molar-refractivity contribution >= 4 is 33.7 Å². The molecular formula is C26H22FN7O3. The number of hydrogen-bond donors (Lipinski definition) is 3. The van der Waals surface area contributed by atoms with Gasteiger partial charge in [0.05, 0.1) is 22.2 Å². The van der Waals surface area contributed by atoms with Gasteiger partial charge in [0.25, 0.3) is 11.5 Å². The van der Waals surface area contributed by atoms with Gasteiger partial charge in [-0.05, 0) is 35.9 Å². The highest BCUT2D eigenvalue weighted by Crippen LogP contribution is 2.21. The molecule has 1 aliphatic heterocycles. The molecule has 1 amide bonds. The van der Waals surface area contributed by atoms with Crippen molar-refractivity contribution in [1.82, 2.24) is 30.0 Å². The highest BCUT2D eigenvalue weighted by molar-refractivity contribution is 5.95. The molecule has 0 spiro atoms. The maximum Gasteiger partial charge on any atom is 0.325 e. The molecule has 1 aliphatic rings. The largest absolute Gasteiger partial charge is 0.353 e. The Labute approximate surface area is 208 Å². The Morgan fingerprint density at radius 3 is 2.54 bits per heavy atom. The first kappa shape index (κ1) is 22.7. The van der Waals surface area contributed by atoms with E-state index in [2.05, 4.69) is 25.1 Å². The van der Waals surface area contributed by atoms with Gasteiger partial charge < -0.3 is 14.8 Å². The molecule has 0 radical (unpaired) electrons. The van der Waals surface area contributed by atoms with Crippen LogP contribution in [-0.2, 0) is 6.42 Å². The van der Waals surface area contributed by atoms with Gasteiger partial charge in [-0.25, -0.2) is 19.3 Å². The Balaban J connectivity index is 1.19. The summed E-state index contributed by atoms with van der Waals surface area (Å²) in [6.07, 6.45) is 0.334. The number of pyridine rings is 1. The Morgan fingerprint density at radius 1 is 0.946 bits per heavy atom. The summed E-state index contributed by atoms with van der Waals surface area (Å²) in [5, 5.41) is 7.94. The fourth-order valence-electron chi connectivity index (χ4n) is 4.74. The monoisotopic (exact) mass is 499 g/mol. The molecular weight excluding hydrogens is 477 g/mol. The van der Waals surface area contributed by atoms with Crippen LogP contribution in [0.2, 0.25) is 0 Å². The fraction of sp³-hybridized carbons (Fsp3) is 0.192. The van der Waals surface area contributed by atoms with E-state index in [0.717, 1.165) is 5.39 Å². The molecule has 5 aromatic rings. The second-order valence-corrected chi connectivity index (χ2v) is 8.96. The number of imidazole rings is 1. The van der Waals surface area contributed by atoms with Gasteiger partial charge in [-0.3, -0.25) is 14.6 Å². The number of aromatic nitrogens is 5.